The van der Waals surface area contributed by atoms with Crippen molar-refractivity contribution in [2.45, 2.75) is 25.8 Å². The monoisotopic (exact) mass is 356 g/mol. The molecule has 4 rings (SSSR count). The summed E-state index contributed by atoms with van der Waals surface area (Å²) in [6.07, 6.45) is 1.74. The Morgan fingerprint density at radius 2 is 2.27 bits per heavy atom. The molecule has 3 heterocycles. The first-order chi connectivity index (χ1) is 12.5. The number of anilines is 2. The number of nitrogens with one attached hydrogen (secondary N) is 2. The van der Waals surface area contributed by atoms with E-state index in [0.29, 0.717) is 29.5 Å². The van der Waals surface area contributed by atoms with Gasteiger partial charge in [0.15, 0.2) is 12.4 Å². The molecule has 9 heteroatoms. The molecular weight excluding hydrogens is 336 g/mol. The van der Waals surface area contributed by atoms with Gasteiger partial charge in [0.2, 0.25) is 0 Å². The summed E-state index contributed by atoms with van der Waals surface area (Å²) in [6, 6.07) is 4.92. The molecule has 0 saturated carbocycles. The van der Waals surface area contributed by atoms with Crippen molar-refractivity contribution in [3.8, 4) is 5.75 Å². The molecule has 136 valence electrons. The van der Waals surface area contributed by atoms with Crippen LogP contribution >= 0.6 is 0 Å². The third-order valence-electron chi connectivity index (χ3n) is 4.72. The number of amides is 3. The van der Waals surface area contributed by atoms with Gasteiger partial charge >= 0.3 is 6.03 Å². The van der Waals surface area contributed by atoms with Crippen LogP contribution in [0.5, 0.6) is 5.75 Å². The van der Waals surface area contributed by atoms with Crippen molar-refractivity contribution in [2.75, 3.05) is 30.4 Å². The lowest BCUT2D eigenvalue weighted by Crippen LogP contribution is -2.36. The number of hydrogen-bond donors (Lipinski definition) is 2. The van der Waals surface area contributed by atoms with Crippen molar-refractivity contribution < 1.29 is 14.3 Å². The number of carbonyl (C=O) groups is 2. The zero-order chi connectivity index (χ0) is 18.3. The number of ether oxygens (including phenoxy) is 1. The molecule has 2 aliphatic rings. The number of H-pyrrole nitrogens is 1. The van der Waals surface area contributed by atoms with Crippen molar-refractivity contribution in [1.82, 2.24) is 20.1 Å². The van der Waals surface area contributed by atoms with Crippen LogP contribution in [0.4, 0.5) is 16.2 Å². The SMILES string of the molecule is Cc1nc([C@H]2CCCN2C(=O)Nc2ccc3c(c2)N(C)C(=O)CO3)n[nH]1. The molecule has 3 amide bonds. The molecule has 1 atom stereocenters. The van der Waals surface area contributed by atoms with Crippen LogP contribution < -0.4 is 15.0 Å². The lowest BCUT2D eigenvalue weighted by molar-refractivity contribution is -0.120. The van der Waals surface area contributed by atoms with Crippen LogP contribution in [-0.2, 0) is 4.79 Å². The predicted octanol–water partition coefficient (Wildman–Crippen LogP) is 1.84. The van der Waals surface area contributed by atoms with Gasteiger partial charge in [0.25, 0.3) is 5.91 Å². The number of aromatic amines is 1. The topological polar surface area (TPSA) is 103 Å². The molecular formula is C17H20N6O3. The number of likely N-dealkylation sites (tertiary alicyclic amines) is 1. The van der Waals surface area contributed by atoms with Crippen LogP contribution in [0.2, 0.25) is 0 Å². The number of aryl methyl sites for hydroxylation is 1. The molecule has 1 saturated heterocycles. The first kappa shape index (κ1) is 16.4. The fraction of sp³-hybridized carbons (Fsp3) is 0.412. The Labute approximate surface area is 150 Å². The number of nitrogens with zero attached hydrogens (tertiary/aromatic N) is 4. The van der Waals surface area contributed by atoms with Gasteiger partial charge in [0.05, 0.1) is 11.7 Å². The van der Waals surface area contributed by atoms with E-state index in [1.165, 1.54) is 4.90 Å². The molecule has 2 aromatic rings. The molecule has 0 spiro atoms. The smallest absolute Gasteiger partial charge is 0.322 e. The first-order valence-electron chi connectivity index (χ1n) is 8.53. The normalized spacial score (nSPS) is 19.3. The van der Waals surface area contributed by atoms with Gasteiger partial charge in [-0.2, -0.15) is 5.10 Å². The molecule has 1 fully saturated rings. The number of hydrogen-bond acceptors (Lipinski definition) is 5. The first-order valence-corrected chi connectivity index (χ1v) is 8.53. The van der Waals surface area contributed by atoms with E-state index in [9.17, 15) is 9.59 Å². The van der Waals surface area contributed by atoms with Crippen molar-refractivity contribution in [3.63, 3.8) is 0 Å². The second-order valence-corrected chi connectivity index (χ2v) is 6.48. The Bertz CT molecular complexity index is 864. The number of benzene rings is 1. The number of urea groups is 1. The van der Waals surface area contributed by atoms with Crippen molar-refractivity contribution in [1.29, 1.82) is 0 Å². The summed E-state index contributed by atoms with van der Waals surface area (Å²) < 4.78 is 5.41. The number of rotatable bonds is 2. The zero-order valence-electron chi connectivity index (χ0n) is 14.7. The fourth-order valence-corrected chi connectivity index (χ4v) is 3.33. The minimum Gasteiger partial charge on any atom is -0.482 e. The highest BCUT2D eigenvalue weighted by atomic mass is 16.5. The number of likely N-dealkylation sites (N-methyl/N-ethyl adjacent to an activating group) is 1. The molecule has 26 heavy (non-hydrogen) atoms. The molecule has 0 radical (unpaired) electrons. The highest BCUT2D eigenvalue weighted by Gasteiger charge is 2.33. The summed E-state index contributed by atoms with van der Waals surface area (Å²) in [4.78, 5) is 32.2. The van der Waals surface area contributed by atoms with Crippen LogP contribution in [0.1, 0.15) is 30.5 Å². The quantitative estimate of drug-likeness (QED) is 0.854. The number of fused-ring (bicyclic) bond motifs is 1. The van der Waals surface area contributed by atoms with Crippen molar-refractivity contribution in [2.24, 2.45) is 0 Å². The van der Waals surface area contributed by atoms with E-state index < -0.39 is 0 Å². The highest BCUT2D eigenvalue weighted by Crippen LogP contribution is 2.35. The molecule has 1 aromatic carbocycles. The summed E-state index contributed by atoms with van der Waals surface area (Å²) in [5.74, 6) is 1.87. The Morgan fingerprint density at radius 1 is 1.42 bits per heavy atom. The largest absolute Gasteiger partial charge is 0.482 e. The molecule has 2 aliphatic heterocycles. The maximum Gasteiger partial charge on any atom is 0.322 e. The van der Waals surface area contributed by atoms with E-state index in [0.717, 1.165) is 18.7 Å². The number of aromatic nitrogens is 3. The minimum absolute atomic E-state index is 0.0285. The summed E-state index contributed by atoms with van der Waals surface area (Å²) in [5.41, 5.74) is 1.25. The zero-order valence-corrected chi connectivity index (χ0v) is 14.7. The Hall–Kier alpha value is -3.10. The van der Waals surface area contributed by atoms with E-state index >= 15 is 0 Å². The van der Waals surface area contributed by atoms with Gasteiger partial charge in [0.1, 0.15) is 11.6 Å². The molecule has 0 bridgehead atoms. The summed E-state index contributed by atoms with van der Waals surface area (Å²) in [7, 11) is 1.69. The van der Waals surface area contributed by atoms with Crippen LogP contribution in [0, 0.1) is 6.92 Å². The van der Waals surface area contributed by atoms with Crippen LogP contribution in [0.25, 0.3) is 0 Å². The summed E-state index contributed by atoms with van der Waals surface area (Å²) >= 11 is 0. The molecule has 1 aromatic heterocycles. The summed E-state index contributed by atoms with van der Waals surface area (Å²) in [6.45, 7) is 2.51. The Morgan fingerprint density at radius 3 is 3.04 bits per heavy atom. The second-order valence-electron chi connectivity index (χ2n) is 6.48. The van der Waals surface area contributed by atoms with Gasteiger partial charge < -0.3 is 19.9 Å². The Kier molecular flexibility index (Phi) is 3.98. The third kappa shape index (κ3) is 2.85. The average Bonchev–Trinajstić information content (AvgIpc) is 3.27. The van der Waals surface area contributed by atoms with E-state index in [2.05, 4.69) is 20.5 Å². The van der Waals surface area contributed by atoms with E-state index in [4.69, 9.17) is 4.74 Å². The predicted molar refractivity (Wildman–Crippen MR) is 94.2 cm³/mol. The van der Waals surface area contributed by atoms with Gasteiger partial charge in [-0.05, 0) is 38.0 Å². The van der Waals surface area contributed by atoms with Gasteiger partial charge in [-0.1, -0.05) is 0 Å². The minimum atomic E-state index is -0.208. The standard InChI is InChI=1S/C17H20N6O3/c1-10-18-16(21-20-10)12-4-3-7-23(12)17(25)19-11-5-6-14-13(8-11)22(2)15(24)9-26-14/h5-6,8,12H,3-4,7,9H2,1-2H3,(H,19,25)(H,18,20,21)/t12-/m1/s1. The van der Waals surface area contributed by atoms with Crippen molar-refractivity contribution in [3.05, 3.63) is 29.8 Å². The third-order valence-corrected chi connectivity index (χ3v) is 4.72. The highest BCUT2D eigenvalue weighted by molar-refractivity contribution is 5.99. The van der Waals surface area contributed by atoms with Gasteiger partial charge in [-0.25, -0.2) is 9.78 Å². The van der Waals surface area contributed by atoms with Gasteiger partial charge in [-0.3, -0.25) is 9.89 Å². The Balaban J connectivity index is 1.52. The molecule has 0 aliphatic carbocycles. The average molecular weight is 356 g/mol. The maximum atomic E-state index is 12.8. The van der Waals surface area contributed by atoms with Crippen molar-refractivity contribution >= 4 is 23.3 Å². The molecule has 0 unspecified atom stereocenters. The van der Waals surface area contributed by atoms with Gasteiger partial charge in [-0.15, -0.1) is 0 Å². The lowest BCUT2D eigenvalue weighted by Gasteiger charge is -2.27. The van der Waals surface area contributed by atoms with E-state index in [1.54, 1.807) is 30.1 Å². The fourth-order valence-electron chi connectivity index (χ4n) is 3.33. The second kappa shape index (κ2) is 6.32. The lowest BCUT2D eigenvalue weighted by atomic mass is 10.2. The molecule has 9 nitrogen and oxygen atoms in total. The number of carbonyl (C=O) groups excluding carboxylic acids is 2. The summed E-state index contributed by atoms with van der Waals surface area (Å²) in [5, 5.41) is 9.93. The van der Waals surface area contributed by atoms with E-state index in [-0.39, 0.29) is 24.6 Å². The van der Waals surface area contributed by atoms with Crippen LogP contribution in [0.15, 0.2) is 18.2 Å². The molecule has 2 N–H and O–H groups in total. The maximum absolute atomic E-state index is 12.8. The van der Waals surface area contributed by atoms with E-state index in [1.807, 2.05) is 6.92 Å². The van der Waals surface area contributed by atoms with Crippen LogP contribution in [-0.4, -0.2) is 52.2 Å². The van der Waals surface area contributed by atoms with Gasteiger partial charge in [0, 0.05) is 19.3 Å². The van der Waals surface area contributed by atoms with Crippen LogP contribution in [0.3, 0.4) is 0 Å².